The monoisotopic (exact) mass is 291 g/mol. The molecular weight excluding hydrogens is 270 g/mol. The van der Waals surface area contributed by atoms with Crippen molar-refractivity contribution in [3.63, 3.8) is 0 Å². The zero-order valence-electron chi connectivity index (χ0n) is 12.7. The lowest BCUT2D eigenvalue weighted by Gasteiger charge is -2.14. The lowest BCUT2D eigenvalue weighted by Crippen LogP contribution is -2.16. The van der Waals surface area contributed by atoms with Gasteiger partial charge in [0.1, 0.15) is 18.3 Å². The van der Waals surface area contributed by atoms with E-state index >= 15 is 0 Å². The zero-order valence-corrected chi connectivity index (χ0v) is 12.7. The second-order valence-electron chi connectivity index (χ2n) is 4.36. The van der Waals surface area contributed by atoms with Crippen molar-refractivity contribution in [3.05, 3.63) is 38.0 Å². The first-order valence-corrected chi connectivity index (χ1v) is 6.62. The number of rotatable bonds is 9. The molecule has 0 aromatic carbocycles. The molecule has 1 heterocycles. The van der Waals surface area contributed by atoms with Gasteiger partial charge in [0.25, 0.3) is 0 Å². The molecule has 0 aliphatic carbocycles. The van der Waals surface area contributed by atoms with Gasteiger partial charge in [-0.3, -0.25) is 0 Å². The minimum absolute atomic E-state index is 0.106. The summed E-state index contributed by atoms with van der Waals surface area (Å²) in [6.45, 7) is 16.4. The Hall–Kier alpha value is -2.37. The summed E-state index contributed by atoms with van der Waals surface area (Å²) in [5.41, 5.74) is 0. The van der Waals surface area contributed by atoms with Crippen LogP contribution >= 0.6 is 0 Å². The second-order valence-corrected chi connectivity index (χ2v) is 4.36. The van der Waals surface area contributed by atoms with Crippen molar-refractivity contribution in [1.29, 1.82) is 0 Å². The van der Waals surface area contributed by atoms with Crippen LogP contribution < -0.4 is 14.2 Å². The van der Waals surface area contributed by atoms with Crippen LogP contribution in [0.1, 0.15) is 20.8 Å². The molecule has 1 aromatic heterocycles. The molecule has 21 heavy (non-hydrogen) atoms. The maximum atomic E-state index is 5.48. The predicted molar refractivity (Wildman–Crippen MR) is 80.7 cm³/mol. The van der Waals surface area contributed by atoms with E-state index in [-0.39, 0.29) is 36.3 Å². The fourth-order valence-electron chi connectivity index (χ4n) is 1.12. The predicted octanol–water partition coefficient (Wildman–Crippen LogP) is 2.73. The van der Waals surface area contributed by atoms with Crippen molar-refractivity contribution in [2.24, 2.45) is 0 Å². The van der Waals surface area contributed by atoms with E-state index in [1.807, 2.05) is 20.8 Å². The van der Waals surface area contributed by atoms with E-state index in [0.29, 0.717) is 0 Å². The van der Waals surface area contributed by atoms with Crippen molar-refractivity contribution < 1.29 is 14.2 Å². The number of hydrogen-bond acceptors (Lipinski definition) is 6. The van der Waals surface area contributed by atoms with Crippen LogP contribution in [0.2, 0.25) is 0 Å². The SMILES string of the molecule is C=CC(C)Oc1nc(OC(C)C=C)nc(OC(C)C=C)n1. The Morgan fingerprint density at radius 3 is 1.10 bits per heavy atom. The molecule has 0 amide bonds. The Labute approximate surface area is 125 Å². The van der Waals surface area contributed by atoms with E-state index in [0.717, 1.165) is 0 Å². The highest BCUT2D eigenvalue weighted by Gasteiger charge is 2.14. The van der Waals surface area contributed by atoms with E-state index in [1.54, 1.807) is 18.2 Å². The number of aromatic nitrogens is 3. The van der Waals surface area contributed by atoms with Gasteiger partial charge in [0, 0.05) is 0 Å². The normalized spacial score (nSPS) is 14.4. The molecule has 0 N–H and O–H groups in total. The van der Waals surface area contributed by atoms with Crippen LogP contribution in [0.15, 0.2) is 38.0 Å². The summed E-state index contributed by atoms with van der Waals surface area (Å²) < 4.78 is 16.4. The Morgan fingerprint density at radius 1 is 0.667 bits per heavy atom. The van der Waals surface area contributed by atoms with Crippen molar-refractivity contribution >= 4 is 0 Å². The van der Waals surface area contributed by atoms with Gasteiger partial charge in [-0.05, 0) is 20.8 Å². The van der Waals surface area contributed by atoms with Crippen LogP contribution in [0.4, 0.5) is 0 Å². The minimum Gasteiger partial charge on any atom is -0.456 e. The standard InChI is InChI=1S/C15H21N3O3/c1-7-10(4)19-13-16-14(20-11(5)8-2)18-15(17-13)21-12(6)9-3/h7-12H,1-3H2,4-6H3. The molecule has 0 saturated heterocycles. The van der Waals surface area contributed by atoms with Gasteiger partial charge in [-0.2, -0.15) is 0 Å². The summed E-state index contributed by atoms with van der Waals surface area (Å²) in [5.74, 6) is 0. The van der Waals surface area contributed by atoms with Gasteiger partial charge in [0.2, 0.25) is 0 Å². The van der Waals surface area contributed by atoms with Crippen molar-refractivity contribution in [2.45, 2.75) is 39.1 Å². The van der Waals surface area contributed by atoms with Gasteiger partial charge in [-0.15, -0.1) is 15.0 Å². The van der Waals surface area contributed by atoms with Gasteiger partial charge < -0.3 is 14.2 Å². The van der Waals surface area contributed by atoms with E-state index in [4.69, 9.17) is 14.2 Å². The minimum atomic E-state index is -0.248. The number of ether oxygens (including phenoxy) is 3. The summed E-state index contributed by atoms with van der Waals surface area (Å²) in [5, 5.41) is 0. The van der Waals surface area contributed by atoms with Crippen molar-refractivity contribution in [1.82, 2.24) is 15.0 Å². The molecule has 0 spiro atoms. The van der Waals surface area contributed by atoms with Crippen LogP contribution in [0.5, 0.6) is 18.0 Å². The average Bonchev–Trinajstić information content (AvgIpc) is 2.46. The first-order valence-electron chi connectivity index (χ1n) is 6.62. The molecule has 0 aliphatic heterocycles. The van der Waals surface area contributed by atoms with Crippen LogP contribution in [0.25, 0.3) is 0 Å². The van der Waals surface area contributed by atoms with Crippen LogP contribution in [-0.2, 0) is 0 Å². The quantitative estimate of drug-likeness (QED) is 0.652. The summed E-state index contributed by atoms with van der Waals surface area (Å²) >= 11 is 0. The average molecular weight is 291 g/mol. The van der Waals surface area contributed by atoms with E-state index in [1.165, 1.54) is 0 Å². The third-order valence-electron chi connectivity index (χ3n) is 2.44. The molecule has 0 saturated carbocycles. The highest BCUT2D eigenvalue weighted by Crippen LogP contribution is 2.18. The topological polar surface area (TPSA) is 66.4 Å². The summed E-state index contributed by atoms with van der Waals surface area (Å²) in [6.07, 6.45) is 4.14. The second kappa shape index (κ2) is 8.04. The lowest BCUT2D eigenvalue weighted by atomic mass is 10.4. The lowest BCUT2D eigenvalue weighted by molar-refractivity contribution is 0.196. The Bertz CT molecular complexity index is 421. The molecule has 1 rings (SSSR count). The zero-order chi connectivity index (χ0) is 15.8. The molecule has 0 bridgehead atoms. The number of nitrogens with zero attached hydrogens (tertiary/aromatic N) is 3. The highest BCUT2D eigenvalue weighted by atomic mass is 16.5. The summed E-state index contributed by atoms with van der Waals surface area (Å²) in [6, 6.07) is 0.319. The van der Waals surface area contributed by atoms with Crippen LogP contribution in [0, 0.1) is 0 Å². The largest absolute Gasteiger partial charge is 0.456 e. The molecule has 114 valence electrons. The Kier molecular flexibility index (Phi) is 6.39. The molecule has 3 atom stereocenters. The van der Waals surface area contributed by atoms with E-state index in [9.17, 15) is 0 Å². The molecule has 0 radical (unpaired) electrons. The fraction of sp³-hybridized carbons (Fsp3) is 0.400. The third kappa shape index (κ3) is 5.64. The van der Waals surface area contributed by atoms with E-state index < -0.39 is 0 Å². The van der Waals surface area contributed by atoms with E-state index in [2.05, 4.69) is 34.7 Å². The first-order chi connectivity index (χ1) is 9.98. The number of hydrogen-bond donors (Lipinski definition) is 0. The van der Waals surface area contributed by atoms with Gasteiger partial charge in [-0.1, -0.05) is 38.0 Å². The molecule has 3 unspecified atom stereocenters. The van der Waals surface area contributed by atoms with Crippen LogP contribution in [-0.4, -0.2) is 33.3 Å². The molecule has 6 nitrogen and oxygen atoms in total. The molecule has 1 aromatic rings. The molecular formula is C15H21N3O3. The highest BCUT2D eigenvalue weighted by molar-refractivity contribution is 5.11. The van der Waals surface area contributed by atoms with Gasteiger partial charge in [-0.25, -0.2) is 0 Å². The Balaban J connectivity index is 3.02. The van der Waals surface area contributed by atoms with Crippen molar-refractivity contribution in [3.8, 4) is 18.0 Å². The van der Waals surface area contributed by atoms with Crippen LogP contribution in [0.3, 0.4) is 0 Å². The summed E-state index contributed by atoms with van der Waals surface area (Å²) in [4.78, 5) is 12.2. The molecule has 0 fully saturated rings. The van der Waals surface area contributed by atoms with Gasteiger partial charge >= 0.3 is 18.0 Å². The smallest absolute Gasteiger partial charge is 0.326 e. The van der Waals surface area contributed by atoms with Gasteiger partial charge in [0.05, 0.1) is 0 Å². The summed E-state index contributed by atoms with van der Waals surface area (Å²) in [7, 11) is 0. The molecule has 6 heteroatoms. The maximum absolute atomic E-state index is 5.48. The van der Waals surface area contributed by atoms with Crippen molar-refractivity contribution in [2.75, 3.05) is 0 Å². The first kappa shape index (κ1) is 16.7. The maximum Gasteiger partial charge on any atom is 0.326 e. The fourth-order valence-corrected chi connectivity index (χ4v) is 1.12. The molecule has 0 aliphatic rings. The Morgan fingerprint density at radius 2 is 0.905 bits per heavy atom. The third-order valence-corrected chi connectivity index (χ3v) is 2.44. The van der Waals surface area contributed by atoms with Gasteiger partial charge in [0.15, 0.2) is 0 Å².